The van der Waals surface area contributed by atoms with E-state index in [-0.39, 0.29) is 25.2 Å². The number of ether oxygens (including phenoxy) is 2. The van der Waals surface area contributed by atoms with Gasteiger partial charge in [0.2, 0.25) is 5.78 Å². The predicted octanol–water partition coefficient (Wildman–Crippen LogP) is 4.61. The summed E-state index contributed by atoms with van der Waals surface area (Å²) < 4.78 is 31.2. The number of aliphatic hydroxyl groups excluding tert-OH is 1. The Morgan fingerprint density at radius 1 is 1.15 bits per heavy atom. The van der Waals surface area contributed by atoms with Crippen LogP contribution in [0.1, 0.15) is 91.3 Å². The molecule has 4 aliphatic rings. The molecule has 0 bridgehead atoms. The number of fused-ring (bicyclic) bond motifs is 6. The highest BCUT2D eigenvalue weighted by Crippen LogP contribution is 2.72. The first-order chi connectivity index (χ1) is 18.8. The number of hydrogen-bond acceptors (Lipinski definition) is 7. The highest BCUT2D eigenvalue weighted by molar-refractivity contribution is 5.93. The SMILES string of the molecule is CCC(=O)OCC(=O)C1(OC(=O)CC)[C@@H](C)C[C@H]2[C@@H]3CCC4=Cc5c(cnn5CC)C[C@]4(C)[C@@]3(F)[C@@H](O)C[C@@]21C. The highest BCUT2D eigenvalue weighted by Gasteiger charge is 2.77. The molecule has 8 nitrogen and oxygen atoms in total. The zero-order chi connectivity index (χ0) is 29.3. The molecule has 1 aromatic rings. The number of carbonyl (C=O) groups is 3. The molecule has 0 radical (unpaired) electrons. The normalized spacial score (nSPS) is 39.8. The van der Waals surface area contributed by atoms with Gasteiger partial charge in [0.05, 0.1) is 18.0 Å². The maximum absolute atomic E-state index is 18.0. The molecule has 1 aromatic heterocycles. The van der Waals surface area contributed by atoms with Gasteiger partial charge in [-0.05, 0) is 56.6 Å². The van der Waals surface area contributed by atoms with Gasteiger partial charge in [-0.2, -0.15) is 5.10 Å². The first-order valence-electron chi connectivity index (χ1n) is 14.9. The van der Waals surface area contributed by atoms with Crippen molar-refractivity contribution in [2.75, 3.05) is 6.61 Å². The summed E-state index contributed by atoms with van der Waals surface area (Å²) in [5, 5.41) is 16.4. The van der Waals surface area contributed by atoms with Crippen molar-refractivity contribution in [1.82, 2.24) is 9.78 Å². The summed E-state index contributed by atoms with van der Waals surface area (Å²) in [6, 6.07) is 0. The molecule has 3 fully saturated rings. The van der Waals surface area contributed by atoms with Crippen LogP contribution in [0.2, 0.25) is 0 Å². The van der Waals surface area contributed by atoms with Crippen LogP contribution in [0.25, 0.3) is 6.08 Å². The average Bonchev–Trinajstić information content (AvgIpc) is 3.41. The summed E-state index contributed by atoms with van der Waals surface area (Å²) in [6.07, 6.45) is 4.76. The Morgan fingerprint density at radius 3 is 2.50 bits per heavy atom. The fourth-order valence-corrected chi connectivity index (χ4v) is 9.16. The van der Waals surface area contributed by atoms with Crippen molar-refractivity contribution in [2.45, 2.75) is 110 Å². The Kier molecular flexibility index (Phi) is 7.08. The van der Waals surface area contributed by atoms with Gasteiger partial charge in [-0.15, -0.1) is 0 Å². The van der Waals surface area contributed by atoms with E-state index in [0.29, 0.717) is 25.7 Å². The molecule has 9 heteroatoms. The van der Waals surface area contributed by atoms with E-state index < -0.39 is 64.4 Å². The molecule has 0 saturated heterocycles. The number of Topliss-reactive ketones (excluding diaryl/α,β-unsaturated/α-hetero) is 1. The smallest absolute Gasteiger partial charge is 0.306 e. The number of aryl methyl sites for hydroxylation is 1. The van der Waals surface area contributed by atoms with Gasteiger partial charge >= 0.3 is 11.9 Å². The van der Waals surface area contributed by atoms with Gasteiger partial charge in [0, 0.05) is 42.1 Å². The van der Waals surface area contributed by atoms with Crippen LogP contribution in [0, 0.1) is 28.6 Å². The standard InChI is InChI=1S/C31H43FN2O6/c1-7-26(37)39-17-25(36)31(40-27(38)8-2)18(4)12-22-21-11-10-20-13-23-19(16-33-34(23)9-3)14-28(20,5)30(21,32)24(35)15-29(22,31)6/h13,16,18,21-22,24,35H,7-12,14-15,17H2,1-6H3/t18-,21-,22-,24-,28-,29-,30-,31?/m0/s1. The third-order valence-electron chi connectivity index (χ3n) is 11.1. The van der Waals surface area contributed by atoms with E-state index in [1.54, 1.807) is 13.8 Å². The maximum Gasteiger partial charge on any atom is 0.306 e. The monoisotopic (exact) mass is 558 g/mol. The lowest BCUT2D eigenvalue weighted by Gasteiger charge is -2.63. The molecule has 3 saturated carbocycles. The summed E-state index contributed by atoms with van der Waals surface area (Å²) >= 11 is 0. The Balaban J connectivity index is 1.57. The number of allylic oxidation sites excluding steroid dienone is 1. The molecule has 220 valence electrons. The van der Waals surface area contributed by atoms with Crippen molar-refractivity contribution < 1.29 is 33.4 Å². The maximum atomic E-state index is 18.0. The average molecular weight is 559 g/mol. The number of halogens is 1. The first kappa shape index (κ1) is 29.0. The Labute approximate surface area is 235 Å². The van der Waals surface area contributed by atoms with Crippen molar-refractivity contribution in [3.63, 3.8) is 0 Å². The molecule has 1 heterocycles. The largest absolute Gasteiger partial charge is 0.457 e. The second-order valence-electron chi connectivity index (χ2n) is 12.8. The van der Waals surface area contributed by atoms with Gasteiger partial charge in [-0.3, -0.25) is 19.1 Å². The van der Waals surface area contributed by atoms with E-state index >= 15 is 4.39 Å². The molecule has 1 N–H and O–H groups in total. The van der Waals surface area contributed by atoms with E-state index in [1.807, 2.05) is 38.6 Å². The molecule has 0 aliphatic heterocycles. The third kappa shape index (κ3) is 3.64. The van der Waals surface area contributed by atoms with Gasteiger partial charge in [-0.25, -0.2) is 4.39 Å². The summed E-state index contributed by atoms with van der Waals surface area (Å²) in [7, 11) is 0. The summed E-state index contributed by atoms with van der Waals surface area (Å²) in [4.78, 5) is 38.7. The minimum absolute atomic E-state index is 0.0383. The van der Waals surface area contributed by atoms with Crippen molar-refractivity contribution in [1.29, 1.82) is 0 Å². The Hall–Kier alpha value is -2.55. The second kappa shape index (κ2) is 9.78. The zero-order valence-electron chi connectivity index (χ0n) is 24.6. The Morgan fingerprint density at radius 2 is 1.85 bits per heavy atom. The van der Waals surface area contributed by atoms with Crippen LogP contribution in [-0.2, 0) is 36.8 Å². The van der Waals surface area contributed by atoms with Gasteiger partial charge < -0.3 is 14.6 Å². The van der Waals surface area contributed by atoms with Crippen LogP contribution >= 0.6 is 0 Å². The highest BCUT2D eigenvalue weighted by atomic mass is 19.1. The van der Waals surface area contributed by atoms with Crippen molar-refractivity contribution in [3.05, 3.63) is 23.0 Å². The van der Waals surface area contributed by atoms with Crippen LogP contribution in [0.4, 0.5) is 4.39 Å². The fourth-order valence-electron chi connectivity index (χ4n) is 9.16. The summed E-state index contributed by atoms with van der Waals surface area (Å²) in [5.74, 6) is -2.85. The van der Waals surface area contributed by atoms with E-state index in [9.17, 15) is 19.5 Å². The number of rotatable bonds is 7. The molecule has 0 aromatic carbocycles. The number of esters is 2. The first-order valence-corrected chi connectivity index (χ1v) is 14.9. The lowest BCUT2D eigenvalue weighted by Crippen LogP contribution is -2.70. The molecule has 1 unspecified atom stereocenters. The Bertz CT molecular complexity index is 1260. The van der Waals surface area contributed by atoms with Crippen LogP contribution in [0.15, 0.2) is 11.8 Å². The molecule has 4 aliphatic carbocycles. The number of aromatic nitrogens is 2. The quantitative estimate of drug-likeness (QED) is 0.487. The molecular formula is C31H43FN2O6. The summed E-state index contributed by atoms with van der Waals surface area (Å²) in [6.45, 7) is 11.2. The number of nitrogens with zero attached hydrogens (tertiary/aromatic N) is 2. The van der Waals surface area contributed by atoms with Crippen LogP contribution in [-0.4, -0.2) is 56.6 Å². The predicted molar refractivity (Wildman–Crippen MR) is 146 cm³/mol. The number of ketones is 1. The van der Waals surface area contributed by atoms with Crippen LogP contribution < -0.4 is 0 Å². The molecular weight excluding hydrogens is 515 g/mol. The second-order valence-corrected chi connectivity index (χ2v) is 12.8. The van der Waals surface area contributed by atoms with Crippen molar-refractivity contribution >= 4 is 23.8 Å². The number of hydrogen-bond donors (Lipinski definition) is 1. The van der Waals surface area contributed by atoms with E-state index in [0.717, 1.165) is 23.4 Å². The van der Waals surface area contributed by atoms with Gasteiger partial charge in [0.25, 0.3) is 0 Å². The topological polar surface area (TPSA) is 108 Å². The van der Waals surface area contributed by atoms with E-state index in [1.165, 1.54) is 0 Å². The lowest BCUT2D eigenvalue weighted by atomic mass is 9.43. The number of aliphatic hydroxyl groups is 1. The number of alkyl halides is 1. The molecule has 0 amide bonds. The van der Waals surface area contributed by atoms with Crippen LogP contribution in [0.5, 0.6) is 0 Å². The molecule has 8 atom stereocenters. The fraction of sp³-hybridized carbons (Fsp3) is 0.742. The van der Waals surface area contributed by atoms with Gasteiger partial charge in [-0.1, -0.05) is 40.2 Å². The third-order valence-corrected chi connectivity index (χ3v) is 11.1. The van der Waals surface area contributed by atoms with Gasteiger partial charge in [0.1, 0.15) is 5.67 Å². The molecule has 40 heavy (non-hydrogen) atoms. The summed E-state index contributed by atoms with van der Waals surface area (Å²) in [5.41, 5.74) is -2.54. The minimum Gasteiger partial charge on any atom is -0.457 e. The van der Waals surface area contributed by atoms with Crippen LogP contribution in [0.3, 0.4) is 0 Å². The number of carbonyl (C=O) groups excluding carboxylic acids is 3. The lowest BCUT2D eigenvalue weighted by molar-refractivity contribution is -0.234. The van der Waals surface area contributed by atoms with E-state index in [2.05, 4.69) is 11.2 Å². The van der Waals surface area contributed by atoms with Crippen molar-refractivity contribution in [2.24, 2.45) is 28.6 Å². The minimum atomic E-state index is -1.93. The van der Waals surface area contributed by atoms with Gasteiger partial charge in [0.15, 0.2) is 12.2 Å². The molecule has 0 spiro atoms. The molecule has 5 rings (SSSR count). The van der Waals surface area contributed by atoms with E-state index in [4.69, 9.17) is 9.47 Å². The van der Waals surface area contributed by atoms with Crippen molar-refractivity contribution in [3.8, 4) is 0 Å². The zero-order valence-corrected chi connectivity index (χ0v) is 24.6.